The number of anilines is 1. The highest BCUT2D eigenvalue weighted by atomic mass is 79.9. The van der Waals surface area contributed by atoms with Crippen LogP contribution >= 0.6 is 15.9 Å². The average molecular weight is 240 g/mol. The fourth-order valence-corrected chi connectivity index (χ4v) is 1.83. The van der Waals surface area contributed by atoms with Gasteiger partial charge in [0.15, 0.2) is 4.73 Å². The summed E-state index contributed by atoms with van der Waals surface area (Å²) in [6, 6.07) is 6.11. The molecule has 0 saturated heterocycles. The Kier molecular flexibility index (Phi) is 2.00. The van der Waals surface area contributed by atoms with E-state index in [0.717, 1.165) is 16.1 Å². The number of hydrogen-bond donors (Lipinski definition) is 0. The van der Waals surface area contributed by atoms with Gasteiger partial charge in [0.05, 0.1) is 11.7 Å². The van der Waals surface area contributed by atoms with Crippen LogP contribution in [0, 0.1) is 0 Å². The Labute approximate surface area is 85.1 Å². The second kappa shape index (κ2) is 3.03. The highest BCUT2D eigenvalue weighted by Crippen LogP contribution is 2.20. The van der Waals surface area contributed by atoms with Crippen molar-refractivity contribution in [2.75, 3.05) is 19.0 Å². The first-order chi connectivity index (χ1) is 6.20. The van der Waals surface area contributed by atoms with E-state index in [4.69, 9.17) is 0 Å². The number of rotatable bonds is 1. The zero-order chi connectivity index (χ0) is 9.42. The van der Waals surface area contributed by atoms with E-state index in [1.807, 2.05) is 32.4 Å². The Morgan fingerprint density at radius 1 is 1.38 bits per heavy atom. The summed E-state index contributed by atoms with van der Waals surface area (Å²) in [7, 11) is 4.03. The lowest BCUT2D eigenvalue weighted by Crippen LogP contribution is -2.12. The van der Waals surface area contributed by atoms with Gasteiger partial charge in [-0.15, -0.1) is 0 Å². The molecule has 4 heteroatoms. The van der Waals surface area contributed by atoms with Crippen molar-refractivity contribution < 1.29 is 0 Å². The maximum atomic E-state index is 4.19. The molecule has 68 valence electrons. The van der Waals surface area contributed by atoms with Gasteiger partial charge in [-0.25, -0.2) is 4.98 Å². The lowest BCUT2D eigenvalue weighted by atomic mass is 10.4. The molecule has 0 N–H and O–H groups in total. The molecular formula is C9H10BrN3. The third-order valence-corrected chi connectivity index (χ3v) is 2.51. The minimum Gasteiger partial charge on any atom is -0.364 e. The molecular weight excluding hydrogens is 230 g/mol. The fourth-order valence-electron chi connectivity index (χ4n) is 1.34. The third kappa shape index (κ3) is 1.31. The summed E-state index contributed by atoms with van der Waals surface area (Å²) in [5.74, 6) is 1.11. The van der Waals surface area contributed by atoms with Gasteiger partial charge >= 0.3 is 0 Å². The Morgan fingerprint density at radius 2 is 2.15 bits per heavy atom. The second-order valence-corrected chi connectivity index (χ2v) is 3.78. The van der Waals surface area contributed by atoms with Crippen molar-refractivity contribution in [2.45, 2.75) is 0 Å². The number of aromatic nitrogens is 2. The van der Waals surface area contributed by atoms with Gasteiger partial charge in [0, 0.05) is 14.1 Å². The molecule has 0 atom stereocenters. The van der Waals surface area contributed by atoms with Crippen molar-refractivity contribution in [2.24, 2.45) is 0 Å². The molecule has 0 unspecified atom stereocenters. The molecule has 0 radical (unpaired) electrons. The van der Waals surface area contributed by atoms with Crippen LogP contribution in [0.15, 0.2) is 29.1 Å². The zero-order valence-corrected chi connectivity index (χ0v) is 9.12. The molecule has 2 aromatic rings. The van der Waals surface area contributed by atoms with Gasteiger partial charge in [0.25, 0.3) is 0 Å². The Hall–Kier alpha value is -1.03. The smallest absolute Gasteiger partial charge is 0.183 e. The van der Waals surface area contributed by atoms with Gasteiger partial charge in [-0.05, 0) is 28.1 Å². The summed E-state index contributed by atoms with van der Waals surface area (Å²) in [4.78, 5) is 6.25. The molecule has 0 saturated carbocycles. The molecule has 0 aliphatic heterocycles. The number of hydrogen-bond acceptors (Lipinski definition) is 2. The highest BCUT2D eigenvalue weighted by Gasteiger charge is 2.05. The lowest BCUT2D eigenvalue weighted by molar-refractivity contribution is 0.998. The predicted octanol–water partition coefficient (Wildman–Crippen LogP) is 2.16. The summed E-state index contributed by atoms with van der Waals surface area (Å²) in [6.07, 6.45) is 1.84. The largest absolute Gasteiger partial charge is 0.364 e. The average Bonchev–Trinajstić information content (AvgIpc) is 2.48. The number of pyridine rings is 1. The van der Waals surface area contributed by atoms with Crippen molar-refractivity contribution >= 4 is 27.3 Å². The van der Waals surface area contributed by atoms with Crippen LogP contribution in [0.4, 0.5) is 5.82 Å². The molecule has 0 aliphatic rings. The molecule has 2 aromatic heterocycles. The van der Waals surface area contributed by atoms with Crippen LogP contribution in [0.25, 0.3) is 5.52 Å². The molecule has 2 rings (SSSR count). The van der Waals surface area contributed by atoms with E-state index in [0.29, 0.717) is 0 Å². The topological polar surface area (TPSA) is 20.5 Å². The number of imidazole rings is 1. The minimum absolute atomic E-state index is 0.840. The van der Waals surface area contributed by atoms with Gasteiger partial charge in [0.1, 0.15) is 5.82 Å². The van der Waals surface area contributed by atoms with E-state index in [1.54, 1.807) is 0 Å². The van der Waals surface area contributed by atoms with E-state index < -0.39 is 0 Å². The molecule has 0 aliphatic carbocycles. The van der Waals surface area contributed by atoms with Crippen LogP contribution in [-0.4, -0.2) is 23.5 Å². The van der Waals surface area contributed by atoms with Crippen molar-refractivity contribution in [1.82, 2.24) is 9.38 Å². The van der Waals surface area contributed by atoms with Crippen molar-refractivity contribution in [3.8, 4) is 0 Å². The zero-order valence-electron chi connectivity index (χ0n) is 7.53. The summed E-state index contributed by atoms with van der Waals surface area (Å²) < 4.78 is 2.90. The van der Waals surface area contributed by atoms with Gasteiger partial charge in [-0.1, -0.05) is 6.07 Å². The van der Waals surface area contributed by atoms with E-state index in [1.165, 1.54) is 0 Å². The third-order valence-electron chi connectivity index (χ3n) is 1.95. The molecule has 0 fully saturated rings. The quantitative estimate of drug-likeness (QED) is 0.761. The summed E-state index contributed by atoms with van der Waals surface area (Å²) in [6.45, 7) is 0. The van der Waals surface area contributed by atoms with E-state index in [2.05, 4.69) is 36.3 Å². The molecule has 0 bridgehead atoms. The van der Waals surface area contributed by atoms with Crippen molar-refractivity contribution in [1.29, 1.82) is 0 Å². The SMILES string of the molecule is CN(C)c1cccc2cnc(Br)n12. The van der Waals surface area contributed by atoms with Crippen LogP contribution < -0.4 is 4.90 Å². The van der Waals surface area contributed by atoms with E-state index in [9.17, 15) is 0 Å². The molecule has 13 heavy (non-hydrogen) atoms. The van der Waals surface area contributed by atoms with Crippen molar-refractivity contribution in [3.63, 3.8) is 0 Å². The van der Waals surface area contributed by atoms with Crippen LogP contribution in [-0.2, 0) is 0 Å². The Bertz CT molecular complexity index is 433. The first-order valence-corrected chi connectivity index (χ1v) is 4.79. The molecule has 0 amide bonds. The van der Waals surface area contributed by atoms with Gasteiger partial charge in [0.2, 0.25) is 0 Å². The molecule has 0 spiro atoms. The Morgan fingerprint density at radius 3 is 2.85 bits per heavy atom. The standard InChI is InChI=1S/C9H10BrN3/c1-12(2)8-5-3-4-7-6-11-9(10)13(7)8/h3-6H,1-2H3. The molecule has 0 aromatic carbocycles. The van der Waals surface area contributed by atoms with Crippen LogP contribution in [0.1, 0.15) is 0 Å². The minimum atomic E-state index is 0.840. The number of nitrogens with zero attached hydrogens (tertiary/aromatic N) is 3. The highest BCUT2D eigenvalue weighted by molar-refractivity contribution is 9.10. The molecule has 3 nitrogen and oxygen atoms in total. The maximum absolute atomic E-state index is 4.19. The van der Waals surface area contributed by atoms with E-state index in [-0.39, 0.29) is 0 Å². The monoisotopic (exact) mass is 239 g/mol. The van der Waals surface area contributed by atoms with Crippen LogP contribution in [0.5, 0.6) is 0 Å². The van der Waals surface area contributed by atoms with Crippen LogP contribution in [0.3, 0.4) is 0 Å². The van der Waals surface area contributed by atoms with Crippen LogP contribution in [0.2, 0.25) is 0 Å². The second-order valence-electron chi connectivity index (χ2n) is 3.07. The summed E-state index contributed by atoms with van der Waals surface area (Å²) in [5.41, 5.74) is 1.10. The predicted molar refractivity (Wildman–Crippen MR) is 57.2 cm³/mol. The lowest BCUT2D eigenvalue weighted by Gasteiger charge is -2.14. The van der Waals surface area contributed by atoms with Gasteiger partial charge in [-0.2, -0.15) is 0 Å². The van der Waals surface area contributed by atoms with Gasteiger partial charge < -0.3 is 4.90 Å². The Balaban J connectivity index is 2.80. The van der Waals surface area contributed by atoms with Gasteiger partial charge in [-0.3, -0.25) is 4.40 Å². The number of halogens is 1. The fraction of sp³-hybridized carbons (Fsp3) is 0.222. The first-order valence-electron chi connectivity index (χ1n) is 3.99. The maximum Gasteiger partial charge on any atom is 0.183 e. The van der Waals surface area contributed by atoms with E-state index >= 15 is 0 Å². The number of fused-ring (bicyclic) bond motifs is 1. The van der Waals surface area contributed by atoms with Crippen molar-refractivity contribution in [3.05, 3.63) is 29.1 Å². The summed E-state index contributed by atoms with van der Waals surface area (Å²) in [5, 5.41) is 0. The summed E-state index contributed by atoms with van der Waals surface area (Å²) >= 11 is 3.41. The normalized spacial score (nSPS) is 10.7. The first kappa shape index (κ1) is 8.56. The molecule has 2 heterocycles.